The summed E-state index contributed by atoms with van der Waals surface area (Å²) in [4.78, 5) is 4.33. The number of nitrogens with two attached hydrogens (primary N) is 1. The van der Waals surface area contributed by atoms with E-state index in [-0.39, 0.29) is 0 Å². The van der Waals surface area contributed by atoms with Gasteiger partial charge >= 0.3 is 0 Å². The normalized spacial score (nSPS) is 11.8. The van der Waals surface area contributed by atoms with Crippen LogP contribution in [0.1, 0.15) is 26.6 Å². The molecular formula is C13H16ClN3O2. The van der Waals surface area contributed by atoms with E-state index in [4.69, 9.17) is 26.6 Å². The molecule has 2 rings (SSSR count). The summed E-state index contributed by atoms with van der Waals surface area (Å²) in [5.41, 5.74) is 6.34. The average Bonchev–Trinajstić information content (AvgIpc) is 2.82. The van der Waals surface area contributed by atoms with Gasteiger partial charge in [-0.3, -0.25) is 0 Å². The third kappa shape index (κ3) is 2.72. The molecule has 0 atom stereocenters. The topological polar surface area (TPSA) is 74.2 Å². The predicted molar refractivity (Wildman–Crippen MR) is 73.8 cm³/mol. The Balaban J connectivity index is 2.39. The molecule has 0 fully saturated rings. The van der Waals surface area contributed by atoms with Gasteiger partial charge in [0.2, 0.25) is 5.82 Å². The fourth-order valence-corrected chi connectivity index (χ4v) is 1.90. The van der Waals surface area contributed by atoms with Crippen molar-refractivity contribution in [1.82, 2.24) is 10.1 Å². The summed E-state index contributed by atoms with van der Waals surface area (Å²) < 4.78 is 10.8. The quantitative estimate of drug-likeness (QED) is 0.871. The van der Waals surface area contributed by atoms with E-state index in [9.17, 15) is 0 Å². The molecule has 102 valence electrons. The number of hydrogen-bond donors (Lipinski definition) is 1. The van der Waals surface area contributed by atoms with Crippen molar-refractivity contribution in [3.63, 3.8) is 0 Å². The van der Waals surface area contributed by atoms with Gasteiger partial charge in [0.1, 0.15) is 5.60 Å². The van der Waals surface area contributed by atoms with Crippen LogP contribution in [0.15, 0.2) is 22.7 Å². The van der Waals surface area contributed by atoms with Crippen molar-refractivity contribution >= 4 is 17.3 Å². The molecule has 0 unspecified atom stereocenters. The van der Waals surface area contributed by atoms with Crippen molar-refractivity contribution in [2.24, 2.45) is 0 Å². The fraction of sp³-hybridized carbons (Fsp3) is 0.385. The van der Waals surface area contributed by atoms with Gasteiger partial charge in [-0.1, -0.05) is 22.8 Å². The van der Waals surface area contributed by atoms with Gasteiger partial charge in [0.15, 0.2) is 0 Å². The Kier molecular flexibility index (Phi) is 3.78. The van der Waals surface area contributed by atoms with Crippen LogP contribution in [0.25, 0.3) is 11.5 Å². The maximum Gasteiger partial charge on any atom is 0.260 e. The Hall–Kier alpha value is -1.59. The van der Waals surface area contributed by atoms with E-state index in [1.54, 1.807) is 18.2 Å². The van der Waals surface area contributed by atoms with Gasteiger partial charge in [0.25, 0.3) is 5.89 Å². The van der Waals surface area contributed by atoms with Crippen molar-refractivity contribution in [2.75, 3.05) is 12.3 Å². The highest BCUT2D eigenvalue weighted by atomic mass is 35.5. The second-order valence-corrected chi connectivity index (χ2v) is 4.97. The molecule has 0 aliphatic heterocycles. The largest absolute Gasteiger partial charge is 0.397 e. The maximum atomic E-state index is 5.97. The number of ether oxygens (including phenoxy) is 1. The number of benzene rings is 1. The number of rotatable bonds is 4. The predicted octanol–water partition coefficient (Wildman–Crippen LogP) is 3.24. The summed E-state index contributed by atoms with van der Waals surface area (Å²) in [5, 5.41) is 4.40. The first-order valence-corrected chi connectivity index (χ1v) is 6.36. The monoisotopic (exact) mass is 281 g/mol. The first-order valence-electron chi connectivity index (χ1n) is 5.98. The van der Waals surface area contributed by atoms with Crippen LogP contribution < -0.4 is 5.73 Å². The molecule has 0 aliphatic carbocycles. The minimum Gasteiger partial charge on any atom is -0.397 e. The van der Waals surface area contributed by atoms with Gasteiger partial charge in [-0.25, -0.2) is 0 Å². The lowest BCUT2D eigenvalue weighted by Crippen LogP contribution is -2.23. The molecule has 0 spiro atoms. The third-order valence-electron chi connectivity index (χ3n) is 2.75. The summed E-state index contributed by atoms with van der Waals surface area (Å²) >= 11 is 5.97. The van der Waals surface area contributed by atoms with E-state index in [1.807, 2.05) is 20.8 Å². The van der Waals surface area contributed by atoms with Crippen LogP contribution >= 0.6 is 11.6 Å². The molecule has 0 aliphatic rings. The fourth-order valence-electron chi connectivity index (χ4n) is 1.73. The highest BCUT2D eigenvalue weighted by molar-refractivity contribution is 6.33. The third-order valence-corrected chi connectivity index (χ3v) is 3.08. The maximum absolute atomic E-state index is 5.97. The number of halogens is 1. The van der Waals surface area contributed by atoms with Crippen LogP contribution in [0.2, 0.25) is 5.02 Å². The smallest absolute Gasteiger partial charge is 0.260 e. The standard InChI is InChI=1S/C13H16ClN3O2/c1-4-18-13(2,3)12-16-11(19-17-12)8-6-5-7-9(14)10(8)15/h5-7H,4,15H2,1-3H3. The van der Waals surface area contributed by atoms with Gasteiger partial charge in [0.05, 0.1) is 16.3 Å². The summed E-state index contributed by atoms with van der Waals surface area (Å²) in [5.74, 6) is 0.812. The zero-order valence-electron chi connectivity index (χ0n) is 11.1. The first-order chi connectivity index (χ1) is 8.95. The molecule has 5 nitrogen and oxygen atoms in total. The molecular weight excluding hydrogens is 266 g/mol. The SMILES string of the molecule is CCOC(C)(C)c1noc(-c2cccc(Cl)c2N)n1. The molecule has 1 aromatic heterocycles. The second kappa shape index (κ2) is 5.19. The molecule has 2 N–H and O–H groups in total. The molecule has 0 radical (unpaired) electrons. The van der Waals surface area contributed by atoms with Crippen LogP contribution in [0.5, 0.6) is 0 Å². The molecule has 0 saturated heterocycles. The Labute approximate surface area is 116 Å². The van der Waals surface area contributed by atoms with Crippen molar-refractivity contribution in [3.8, 4) is 11.5 Å². The van der Waals surface area contributed by atoms with Crippen LogP contribution in [0, 0.1) is 0 Å². The number of nitrogen functional groups attached to an aromatic ring is 1. The summed E-state index contributed by atoms with van der Waals surface area (Å²) in [6.45, 7) is 6.24. The number of hydrogen-bond acceptors (Lipinski definition) is 5. The molecule has 6 heteroatoms. The van der Waals surface area contributed by atoms with Gasteiger partial charge in [0, 0.05) is 6.61 Å². The lowest BCUT2D eigenvalue weighted by atomic mass is 10.1. The molecule has 1 heterocycles. The van der Waals surface area contributed by atoms with Crippen molar-refractivity contribution in [2.45, 2.75) is 26.4 Å². The second-order valence-electron chi connectivity index (χ2n) is 4.57. The molecule has 2 aromatic rings. The summed E-state index contributed by atoms with van der Waals surface area (Å²) in [7, 11) is 0. The van der Waals surface area contributed by atoms with Gasteiger partial charge < -0.3 is 15.0 Å². The Bertz CT molecular complexity index is 581. The first kappa shape index (κ1) is 13.8. The molecule has 1 aromatic carbocycles. The van der Waals surface area contributed by atoms with E-state index in [2.05, 4.69) is 10.1 Å². The van der Waals surface area contributed by atoms with Crippen LogP contribution in [-0.2, 0) is 10.3 Å². The van der Waals surface area contributed by atoms with E-state index < -0.39 is 5.60 Å². The molecule has 0 saturated carbocycles. The number of nitrogens with zero attached hydrogens (tertiary/aromatic N) is 2. The highest BCUT2D eigenvalue weighted by Gasteiger charge is 2.27. The van der Waals surface area contributed by atoms with Crippen molar-refractivity contribution < 1.29 is 9.26 Å². The highest BCUT2D eigenvalue weighted by Crippen LogP contribution is 2.32. The van der Waals surface area contributed by atoms with Gasteiger partial charge in [-0.2, -0.15) is 4.98 Å². The minimum atomic E-state index is -0.607. The molecule has 19 heavy (non-hydrogen) atoms. The van der Waals surface area contributed by atoms with Gasteiger partial charge in [-0.05, 0) is 32.9 Å². The van der Waals surface area contributed by atoms with Crippen LogP contribution in [0.4, 0.5) is 5.69 Å². The van der Waals surface area contributed by atoms with E-state index in [1.165, 1.54) is 0 Å². The van der Waals surface area contributed by atoms with E-state index in [0.29, 0.717) is 34.6 Å². The zero-order valence-corrected chi connectivity index (χ0v) is 11.9. The number of para-hydroxylation sites is 1. The Morgan fingerprint density at radius 3 is 2.84 bits per heavy atom. The lowest BCUT2D eigenvalue weighted by molar-refractivity contribution is -0.0221. The number of aromatic nitrogens is 2. The zero-order chi connectivity index (χ0) is 14.0. The summed E-state index contributed by atoms with van der Waals surface area (Å²) in [6, 6.07) is 5.28. The van der Waals surface area contributed by atoms with Crippen LogP contribution in [-0.4, -0.2) is 16.7 Å². The number of anilines is 1. The van der Waals surface area contributed by atoms with E-state index >= 15 is 0 Å². The average molecular weight is 282 g/mol. The van der Waals surface area contributed by atoms with Crippen molar-refractivity contribution in [1.29, 1.82) is 0 Å². The summed E-state index contributed by atoms with van der Waals surface area (Å²) in [6.07, 6.45) is 0. The van der Waals surface area contributed by atoms with Crippen LogP contribution in [0.3, 0.4) is 0 Å². The minimum absolute atomic E-state index is 0.336. The van der Waals surface area contributed by atoms with Crippen molar-refractivity contribution in [3.05, 3.63) is 29.0 Å². The molecule has 0 amide bonds. The molecule has 0 bridgehead atoms. The van der Waals surface area contributed by atoms with E-state index in [0.717, 1.165) is 0 Å². The Morgan fingerprint density at radius 1 is 1.42 bits per heavy atom. The Morgan fingerprint density at radius 2 is 2.16 bits per heavy atom. The lowest BCUT2D eigenvalue weighted by Gasteiger charge is -2.19. The van der Waals surface area contributed by atoms with Gasteiger partial charge in [-0.15, -0.1) is 0 Å².